The van der Waals surface area contributed by atoms with Crippen LogP contribution in [0.1, 0.15) is 50.0 Å². The number of nitrogens with one attached hydrogen (secondary N) is 2. The van der Waals surface area contributed by atoms with Crippen molar-refractivity contribution >= 4 is 33.3 Å². The summed E-state index contributed by atoms with van der Waals surface area (Å²) in [5.41, 5.74) is 1.40. The second-order valence-electron chi connectivity index (χ2n) is 6.12. The summed E-state index contributed by atoms with van der Waals surface area (Å²) in [6.07, 6.45) is 8.53. The predicted molar refractivity (Wildman–Crippen MR) is 95.1 cm³/mol. The zero-order valence-electron chi connectivity index (χ0n) is 13.8. The van der Waals surface area contributed by atoms with Gasteiger partial charge >= 0.3 is 0 Å². The quantitative estimate of drug-likeness (QED) is 0.825. The first kappa shape index (κ1) is 16.2. The van der Waals surface area contributed by atoms with E-state index >= 15 is 0 Å². The Bertz CT molecular complexity index is 697. The van der Waals surface area contributed by atoms with Gasteiger partial charge in [0.15, 0.2) is 0 Å². The molecule has 5 nitrogen and oxygen atoms in total. The molecule has 0 fully saturated rings. The Hall–Kier alpha value is -1.69. The van der Waals surface area contributed by atoms with Gasteiger partial charge in [-0.2, -0.15) is 0 Å². The molecule has 0 radical (unpaired) electrons. The van der Waals surface area contributed by atoms with Crippen molar-refractivity contribution in [1.82, 2.24) is 15.3 Å². The van der Waals surface area contributed by atoms with E-state index in [1.165, 1.54) is 29.7 Å². The first-order chi connectivity index (χ1) is 11.2. The van der Waals surface area contributed by atoms with Crippen LogP contribution in [0, 0.1) is 0 Å². The number of thiophene rings is 1. The van der Waals surface area contributed by atoms with Crippen LogP contribution in [-0.4, -0.2) is 28.5 Å². The van der Waals surface area contributed by atoms with Crippen molar-refractivity contribution in [2.75, 3.05) is 11.9 Å². The Balaban J connectivity index is 1.88. The summed E-state index contributed by atoms with van der Waals surface area (Å²) < 4.78 is 0. The van der Waals surface area contributed by atoms with Crippen molar-refractivity contribution in [2.45, 2.75) is 58.4 Å². The maximum atomic E-state index is 12.1. The monoisotopic (exact) mass is 332 g/mol. The highest BCUT2D eigenvalue weighted by atomic mass is 32.1. The molecule has 1 aliphatic rings. The Morgan fingerprint density at radius 2 is 2.13 bits per heavy atom. The van der Waals surface area contributed by atoms with Gasteiger partial charge in [-0.1, -0.05) is 13.3 Å². The van der Waals surface area contributed by atoms with Gasteiger partial charge in [-0.05, 0) is 44.6 Å². The van der Waals surface area contributed by atoms with Crippen molar-refractivity contribution in [1.29, 1.82) is 0 Å². The minimum Gasteiger partial charge on any atom is -0.358 e. The SMILES string of the molecule is CCCNC(=O)[C@@H](C)Nc1ncnc2sc3c(c12)CCCCC3. The number of nitrogens with zero attached hydrogens (tertiary/aromatic N) is 2. The van der Waals surface area contributed by atoms with Crippen molar-refractivity contribution in [3.8, 4) is 0 Å². The van der Waals surface area contributed by atoms with Gasteiger partial charge in [-0.15, -0.1) is 11.3 Å². The Kier molecular flexibility index (Phi) is 5.10. The number of carbonyl (C=O) groups excluding carboxylic acids is 1. The first-order valence-electron chi connectivity index (χ1n) is 8.50. The van der Waals surface area contributed by atoms with E-state index in [1.54, 1.807) is 17.7 Å². The number of carbonyl (C=O) groups is 1. The third-order valence-corrected chi connectivity index (χ3v) is 5.50. The van der Waals surface area contributed by atoms with Crippen LogP contribution in [0.2, 0.25) is 0 Å². The van der Waals surface area contributed by atoms with Crippen molar-refractivity contribution in [2.24, 2.45) is 0 Å². The molecule has 0 saturated carbocycles. The van der Waals surface area contributed by atoms with Gasteiger partial charge < -0.3 is 10.6 Å². The van der Waals surface area contributed by atoms with Crippen LogP contribution in [0.4, 0.5) is 5.82 Å². The summed E-state index contributed by atoms with van der Waals surface area (Å²) in [7, 11) is 0. The third-order valence-electron chi connectivity index (χ3n) is 4.30. The van der Waals surface area contributed by atoms with Gasteiger partial charge in [0.25, 0.3) is 0 Å². The molecule has 6 heteroatoms. The topological polar surface area (TPSA) is 66.9 Å². The van der Waals surface area contributed by atoms with E-state index in [2.05, 4.69) is 20.6 Å². The van der Waals surface area contributed by atoms with Crippen molar-refractivity contribution in [3.63, 3.8) is 0 Å². The average Bonchev–Trinajstić information content (AvgIpc) is 2.75. The highest BCUT2D eigenvalue weighted by Crippen LogP contribution is 2.37. The highest BCUT2D eigenvalue weighted by molar-refractivity contribution is 7.18. The lowest BCUT2D eigenvalue weighted by Crippen LogP contribution is -2.38. The third kappa shape index (κ3) is 3.47. The molecular weight excluding hydrogens is 308 g/mol. The Morgan fingerprint density at radius 1 is 1.30 bits per heavy atom. The molecule has 1 amide bonds. The number of hydrogen-bond donors (Lipinski definition) is 2. The second kappa shape index (κ2) is 7.25. The molecule has 0 bridgehead atoms. The highest BCUT2D eigenvalue weighted by Gasteiger charge is 2.21. The number of aryl methyl sites for hydroxylation is 2. The van der Waals surface area contributed by atoms with Gasteiger partial charge in [-0.25, -0.2) is 9.97 Å². The van der Waals surface area contributed by atoms with E-state index in [0.29, 0.717) is 6.54 Å². The van der Waals surface area contributed by atoms with E-state index in [1.807, 2.05) is 13.8 Å². The summed E-state index contributed by atoms with van der Waals surface area (Å²) in [4.78, 5) is 23.5. The fourth-order valence-electron chi connectivity index (χ4n) is 3.05. The summed E-state index contributed by atoms with van der Waals surface area (Å²) in [6, 6.07) is -0.305. The van der Waals surface area contributed by atoms with Crippen LogP contribution in [0.25, 0.3) is 10.2 Å². The van der Waals surface area contributed by atoms with Gasteiger partial charge in [0.05, 0.1) is 5.39 Å². The maximum Gasteiger partial charge on any atom is 0.242 e. The maximum absolute atomic E-state index is 12.1. The predicted octanol–water partition coefficient (Wildman–Crippen LogP) is 3.29. The van der Waals surface area contributed by atoms with Crippen LogP contribution >= 0.6 is 11.3 Å². The van der Waals surface area contributed by atoms with Crippen molar-refractivity contribution in [3.05, 3.63) is 16.8 Å². The molecule has 1 atom stereocenters. The standard InChI is InChI=1S/C17H24N4OS/c1-3-9-18-16(22)11(2)21-15-14-12-7-5-4-6-8-13(12)23-17(14)20-10-19-15/h10-11H,3-9H2,1-2H3,(H,18,22)(H,19,20,21)/t11-/m1/s1. The number of anilines is 1. The molecule has 3 rings (SSSR count). The molecule has 2 aromatic rings. The lowest BCUT2D eigenvalue weighted by Gasteiger charge is -2.15. The Labute approximate surface area is 140 Å². The van der Waals surface area contributed by atoms with E-state index in [0.717, 1.165) is 35.3 Å². The van der Waals surface area contributed by atoms with Crippen LogP contribution in [0.5, 0.6) is 0 Å². The minimum absolute atomic E-state index is 0.0138. The number of amides is 1. The molecule has 0 spiro atoms. The second-order valence-corrected chi connectivity index (χ2v) is 7.21. The molecular formula is C17H24N4OS. The molecule has 1 aliphatic carbocycles. The summed E-state index contributed by atoms with van der Waals surface area (Å²) >= 11 is 1.78. The molecule has 0 unspecified atom stereocenters. The van der Waals surface area contributed by atoms with Gasteiger partial charge in [0.1, 0.15) is 23.0 Å². The fraction of sp³-hybridized carbons (Fsp3) is 0.588. The average molecular weight is 332 g/mol. The number of fused-ring (bicyclic) bond motifs is 3. The molecule has 0 aliphatic heterocycles. The Morgan fingerprint density at radius 3 is 2.96 bits per heavy atom. The first-order valence-corrected chi connectivity index (χ1v) is 9.31. The number of rotatable bonds is 5. The van der Waals surface area contributed by atoms with Crippen LogP contribution in [0.3, 0.4) is 0 Å². The molecule has 2 aromatic heterocycles. The van der Waals surface area contributed by atoms with E-state index < -0.39 is 0 Å². The molecule has 23 heavy (non-hydrogen) atoms. The van der Waals surface area contributed by atoms with Crippen LogP contribution < -0.4 is 10.6 Å². The lowest BCUT2D eigenvalue weighted by atomic mass is 10.1. The smallest absolute Gasteiger partial charge is 0.242 e. The molecule has 0 saturated heterocycles. The van der Waals surface area contributed by atoms with E-state index in [4.69, 9.17) is 0 Å². The number of aromatic nitrogens is 2. The molecule has 124 valence electrons. The fourth-order valence-corrected chi connectivity index (χ4v) is 4.28. The normalized spacial score (nSPS) is 15.7. The van der Waals surface area contributed by atoms with Crippen molar-refractivity contribution < 1.29 is 4.79 Å². The molecule has 2 heterocycles. The van der Waals surface area contributed by atoms with Gasteiger partial charge in [0, 0.05) is 11.4 Å². The van der Waals surface area contributed by atoms with Gasteiger partial charge in [0.2, 0.25) is 5.91 Å². The van der Waals surface area contributed by atoms with E-state index in [9.17, 15) is 4.79 Å². The molecule has 2 N–H and O–H groups in total. The number of hydrogen-bond acceptors (Lipinski definition) is 5. The zero-order valence-corrected chi connectivity index (χ0v) is 14.6. The summed E-state index contributed by atoms with van der Waals surface area (Å²) in [6.45, 7) is 4.63. The lowest BCUT2D eigenvalue weighted by molar-refractivity contribution is -0.121. The largest absolute Gasteiger partial charge is 0.358 e. The van der Waals surface area contributed by atoms with Crippen LogP contribution in [-0.2, 0) is 17.6 Å². The van der Waals surface area contributed by atoms with Gasteiger partial charge in [-0.3, -0.25) is 4.79 Å². The minimum atomic E-state index is -0.305. The molecule has 0 aromatic carbocycles. The summed E-state index contributed by atoms with van der Waals surface area (Å²) in [5.74, 6) is 0.813. The summed E-state index contributed by atoms with van der Waals surface area (Å²) in [5, 5.41) is 7.35. The van der Waals surface area contributed by atoms with E-state index in [-0.39, 0.29) is 11.9 Å². The zero-order chi connectivity index (χ0) is 16.2. The van der Waals surface area contributed by atoms with Crippen LogP contribution in [0.15, 0.2) is 6.33 Å².